The molecule has 1 aliphatic carbocycles. The van der Waals surface area contributed by atoms with Gasteiger partial charge in [-0.05, 0) is 42.5 Å². The minimum absolute atomic E-state index is 0.107. The van der Waals surface area contributed by atoms with Crippen LogP contribution in [0.3, 0.4) is 0 Å². The molecule has 0 N–H and O–H groups in total. The molecule has 23 heavy (non-hydrogen) atoms. The van der Waals surface area contributed by atoms with Gasteiger partial charge < -0.3 is 4.90 Å². The molecule has 0 saturated heterocycles. The summed E-state index contributed by atoms with van der Waals surface area (Å²) >= 11 is 7.64. The highest BCUT2D eigenvalue weighted by molar-refractivity contribution is 8.03. The molecule has 0 fully saturated rings. The zero-order valence-corrected chi connectivity index (χ0v) is 13.7. The molecule has 7 heteroatoms. The highest BCUT2D eigenvalue weighted by Gasteiger charge is 2.38. The number of ketones is 1. The van der Waals surface area contributed by atoms with Crippen LogP contribution in [-0.2, 0) is 4.79 Å². The second kappa shape index (κ2) is 5.39. The number of nitro groups is 1. The van der Waals surface area contributed by atoms with Crippen LogP contribution >= 0.6 is 23.4 Å². The second-order valence-electron chi connectivity index (χ2n) is 5.79. The Morgan fingerprint density at radius 3 is 2.83 bits per heavy atom. The van der Waals surface area contributed by atoms with Gasteiger partial charge in [-0.1, -0.05) is 11.6 Å². The van der Waals surface area contributed by atoms with E-state index in [1.54, 1.807) is 17.8 Å². The Kier molecular flexibility index (Phi) is 3.46. The molecule has 2 aliphatic heterocycles. The zero-order valence-electron chi connectivity index (χ0n) is 12.2. The molecule has 118 valence electrons. The van der Waals surface area contributed by atoms with Crippen molar-refractivity contribution in [2.75, 3.05) is 10.7 Å². The molecule has 0 aromatic heterocycles. The van der Waals surface area contributed by atoms with Crippen LogP contribution in [0, 0.1) is 10.1 Å². The standard InChI is InChI=1S/C16H13ClN2O3S/c17-12-3-2-11(8-13(12)19(21)22)18-15-9(1-4-14(15)20)7-10-5-6-23-16(10)18/h2-3,8H,1,4-7H2. The molecular weight excluding hydrogens is 336 g/mol. The maximum absolute atomic E-state index is 12.4. The van der Waals surface area contributed by atoms with E-state index >= 15 is 0 Å². The molecule has 1 aromatic carbocycles. The molecule has 5 nitrogen and oxygen atoms in total. The molecule has 4 rings (SSSR count). The Labute approximate surface area is 142 Å². The lowest BCUT2D eigenvalue weighted by Gasteiger charge is -2.31. The first-order valence-electron chi connectivity index (χ1n) is 7.40. The van der Waals surface area contributed by atoms with Crippen molar-refractivity contribution in [2.24, 2.45) is 0 Å². The van der Waals surface area contributed by atoms with Gasteiger partial charge in [0, 0.05) is 18.2 Å². The summed E-state index contributed by atoms with van der Waals surface area (Å²) in [5.41, 5.74) is 3.72. The molecule has 0 spiro atoms. The van der Waals surface area contributed by atoms with E-state index in [9.17, 15) is 14.9 Å². The molecule has 0 bridgehead atoms. The van der Waals surface area contributed by atoms with E-state index in [2.05, 4.69) is 0 Å². The van der Waals surface area contributed by atoms with Crippen LogP contribution in [0.25, 0.3) is 0 Å². The van der Waals surface area contributed by atoms with Crippen LogP contribution in [0.1, 0.15) is 25.7 Å². The number of nitrogens with zero attached hydrogens (tertiary/aromatic N) is 2. The van der Waals surface area contributed by atoms with Crippen LogP contribution in [0.4, 0.5) is 11.4 Å². The third kappa shape index (κ3) is 2.28. The lowest BCUT2D eigenvalue weighted by Crippen LogP contribution is -2.27. The number of halogens is 1. The molecule has 0 saturated carbocycles. The van der Waals surface area contributed by atoms with Crippen molar-refractivity contribution in [3.63, 3.8) is 0 Å². The minimum atomic E-state index is -0.487. The SMILES string of the molecule is O=C1CCC2=C1N(c1ccc(Cl)c([N+](=O)[O-])c1)C1=C(CCS1)C2. The van der Waals surface area contributed by atoms with E-state index in [-0.39, 0.29) is 16.5 Å². The van der Waals surface area contributed by atoms with Crippen molar-refractivity contribution in [1.29, 1.82) is 0 Å². The topological polar surface area (TPSA) is 63.5 Å². The van der Waals surface area contributed by atoms with Gasteiger partial charge >= 0.3 is 0 Å². The average Bonchev–Trinajstić information content (AvgIpc) is 3.13. The van der Waals surface area contributed by atoms with Gasteiger partial charge in [0.2, 0.25) is 0 Å². The van der Waals surface area contributed by atoms with Gasteiger partial charge in [-0.2, -0.15) is 0 Å². The third-order valence-corrected chi connectivity index (χ3v) is 5.91. The number of anilines is 1. The number of hydrogen-bond donors (Lipinski definition) is 0. The summed E-state index contributed by atoms with van der Waals surface area (Å²) in [5, 5.41) is 12.4. The molecule has 3 aliphatic rings. The lowest BCUT2D eigenvalue weighted by atomic mass is 9.99. The van der Waals surface area contributed by atoms with Crippen LogP contribution in [0.2, 0.25) is 5.02 Å². The van der Waals surface area contributed by atoms with E-state index in [1.165, 1.54) is 17.7 Å². The first kappa shape index (κ1) is 14.8. The molecule has 0 unspecified atom stereocenters. The minimum Gasteiger partial charge on any atom is -0.301 e. The van der Waals surface area contributed by atoms with Crippen molar-refractivity contribution in [1.82, 2.24) is 0 Å². The quantitative estimate of drug-likeness (QED) is 0.584. The van der Waals surface area contributed by atoms with E-state index in [0.29, 0.717) is 12.1 Å². The van der Waals surface area contributed by atoms with Crippen LogP contribution in [0.5, 0.6) is 0 Å². The monoisotopic (exact) mass is 348 g/mol. The van der Waals surface area contributed by atoms with E-state index < -0.39 is 4.92 Å². The van der Waals surface area contributed by atoms with Crippen molar-refractivity contribution in [3.05, 3.63) is 55.2 Å². The number of allylic oxidation sites excluding steroid dienone is 3. The molecule has 0 amide bonds. The van der Waals surface area contributed by atoms with Gasteiger partial charge in [-0.3, -0.25) is 14.9 Å². The van der Waals surface area contributed by atoms with Crippen molar-refractivity contribution < 1.29 is 9.72 Å². The average molecular weight is 349 g/mol. The summed E-state index contributed by atoms with van der Waals surface area (Å²) in [5.74, 6) is 1.11. The Balaban J connectivity index is 1.87. The molecule has 0 radical (unpaired) electrons. The number of benzene rings is 1. The zero-order chi connectivity index (χ0) is 16.1. The summed E-state index contributed by atoms with van der Waals surface area (Å²) < 4.78 is 0. The second-order valence-corrected chi connectivity index (χ2v) is 7.28. The van der Waals surface area contributed by atoms with Gasteiger partial charge in [0.15, 0.2) is 5.78 Å². The van der Waals surface area contributed by atoms with Crippen LogP contribution in [0.15, 0.2) is 40.1 Å². The fourth-order valence-electron chi connectivity index (χ4n) is 3.41. The van der Waals surface area contributed by atoms with Gasteiger partial charge in [0.25, 0.3) is 5.69 Å². The maximum atomic E-state index is 12.4. The third-order valence-electron chi connectivity index (χ3n) is 4.44. The normalized spacial score (nSPS) is 20.2. The predicted molar refractivity (Wildman–Crippen MR) is 90.6 cm³/mol. The number of rotatable bonds is 2. The Bertz CT molecular complexity index is 816. The van der Waals surface area contributed by atoms with Crippen molar-refractivity contribution in [3.8, 4) is 0 Å². The Morgan fingerprint density at radius 1 is 1.22 bits per heavy atom. The van der Waals surface area contributed by atoms with Gasteiger partial charge in [0.1, 0.15) is 5.02 Å². The fraction of sp³-hybridized carbons (Fsp3) is 0.312. The molecule has 2 heterocycles. The Morgan fingerprint density at radius 2 is 2.04 bits per heavy atom. The van der Waals surface area contributed by atoms with Crippen molar-refractivity contribution in [2.45, 2.75) is 25.7 Å². The molecule has 0 atom stereocenters. The predicted octanol–water partition coefficient (Wildman–Crippen LogP) is 4.42. The summed E-state index contributed by atoms with van der Waals surface area (Å²) in [6, 6.07) is 4.75. The number of carbonyl (C=O) groups is 1. The highest BCUT2D eigenvalue weighted by Crippen LogP contribution is 2.49. The van der Waals surface area contributed by atoms with Crippen molar-refractivity contribution >= 4 is 40.5 Å². The smallest absolute Gasteiger partial charge is 0.289 e. The molecule has 1 aromatic rings. The number of carbonyl (C=O) groups excluding carboxylic acids is 1. The number of thioether (sulfide) groups is 1. The van der Waals surface area contributed by atoms with Crippen LogP contribution in [-0.4, -0.2) is 16.5 Å². The van der Waals surface area contributed by atoms with E-state index in [1.807, 2.05) is 4.90 Å². The van der Waals surface area contributed by atoms with E-state index in [0.717, 1.165) is 41.3 Å². The summed E-state index contributed by atoms with van der Waals surface area (Å²) in [4.78, 5) is 25.0. The number of nitro benzene ring substituents is 1. The van der Waals surface area contributed by atoms with E-state index in [4.69, 9.17) is 11.6 Å². The first-order valence-corrected chi connectivity index (χ1v) is 8.76. The van der Waals surface area contributed by atoms with Gasteiger partial charge in [-0.15, -0.1) is 11.8 Å². The lowest BCUT2D eigenvalue weighted by molar-refractivity contribution is -0.384. The fourth-order valence-corrected chi connectivity index (χ4v) is 4.84. The number of hydrogen-bond acceptors (Lipinski definition) is 5. The van der Waals surface area contributed by atoms with Gasteiger partial charge in [-0.25, -0.2) is 0 Å². The van der Waals surface area contributed by atoms with Gasteiger partial charge in [0.05, 0.1) is 21.3 Å². The Hall–Kier alpha value is -1.79. The summed E-state index contributed by atoms with van der Waals surface area (Å²) in [7, 11) is 0. The summed E-state index contributed by atoms with van der Waals surface area (Å²) in [6.07, 6.45) is 3.20. The highest BCUT2D eigenvalue weighted by atomic mass is 35.5. The largest absolute Gasteiger partial charge is 0.301 e. The first-order chi connectivity index (χ1) is 11.1. The summed E-state index contributed by atoms with van der Waals surface area (Å²) in [6.45, 7) is 0. The number of Topliss-reactive ketones (excluding diaryl/α,β-unsaturated/α-hetero) is 1. The van der Waals surface area contributed by atoms with Crippen LogP contribution < -0.4 is 4.90 Å². The maximum Gasteiger partial charge on any atom is 0.289 e. The molecular formula is C16H13ClN2O3S.